The Morgan fingerprint density at radius 1 is 1.37 bits per heavy atom. The Morgan fingerprint density at radius 3 is 2.32 bits per heavy atom. The third-order valence-corrected chi connectivity index (χ3v) is 3.39. The molecular formula is C15H26N2O2. The van der Waals surface area contributed by atoms with Crippen molar-refractivity contribution < 1.29 is 9.59 Å². The van der Waals surface area contributed by atoms with Crippen LogP contribution in [0.25, 0.3) is 0 Å². The van der Waals surface area contributed by atoms with E-state index in [2.05, 4.69) is 11.9 Å². The van der Waals surface area contributed by atoms with Crippen LogP contribution in [-0.4, -0.2) is 17.4 Å². The zero-order valence-electron chi connectivity index (χ0n) is 12.2. The van der Waals surface area contributed by atoms with Crippen LogP contribution in [0.15, 0.2) is 12.7 Å². The van der Waals surface area contributed by atoms with E-state index in [0.29, 0.717) is 12.3 Å². The summed E-state index contributed by atoms with van der Waals surface area (Å²) in [4.78, 5) is 24.0. The molecule has 1 rings (SSSR count). The van der Waals surface area contributed by atoms with Gasteiger partial charge in [0.05, 0.1) is 11.8 Å². The summed E-state index contributed by atoms with van der Waals surface area (Å²) < 4.78 is 0. The number of amides is 2. The molecule has 1 unspecified atom stereocenters. The summed E-state index contributed by atoms with van der Waals surface area (Å²) in [6.45, 7) is 9.46. The molecule has 0 bridgehead atoms. The van der Waals surface area contributed by atoms with Gasteiger partial charge in [-0.15, -0.1) is 6.58 Å². The first-order chi connectivity index (χ1) is 8.74. The Hall–Kier alpha value is -1.32. The summed E-state index contributed by atoms with van der Waals surface area (Å²) in [6.07, 6.45) is 5.19. The SMILES string of the molecule is C=CC[C@H](C(N)=O)C(CC1CC1)C(=O)NC(C)(C)C. The van der Waals surface area contributed by atoms with Gasteiger partial charge in [0, 0.05) is 5.54 Å². The van der Waals surface area contributed by atoms with E-state index in [-0.39, 0.29) is 17.4 Å². The van der Waals surface area contributed by atoms with Crippen LogP contribution in [0.3, 0.4) is 0 Å². The van der Waals surface area contributed by atoms with Crippen LogP contribution in [0.5, 0.6) is 0 Å². The van der Waals surface area contributed by atoms with Crippen molar-refractivity contribution in [3.05, 3.63) is 12.7 Å². The van der Waals surface area contributed by atoms with E-state index in [1.807, 2.05) is 20.8 Å². The first-order valence-corrected chi connectivity index (χ1v) is 6.97. The van der Waals surface area contributed by atoms with E-state index in [1.54, 1.807) is 6.08 Å². The van der Waals surface area contributed by atoms with Gasteiger partial charge in [-0.1, -0.05) is 18.9 Å². The summed E-state index contributed by atoms with van der Waals surface area (Å²) in [6, 6.07) is 0. The molecule has 2 amide bonds. The molecule has 1 aliphatic carbocycles. The van der Waals surface area contributed by atoms with Gasteiger partial charge in [0.2, 0.25) is 11.8 Å². The zero-order chi connectivity index (χ0) is 14.6. The molecular weight excluding hydrogens is 240 g/mol. The first-order valence-electron chi connectivity index (χ1n) is 6.97. The fourth-order valence-corrected chi connectivity index (χ4v) is 2.29. The van der Waals surface area contributed by atoms with Gasteiger partial charge in [-0.2, -0.15) is 0 Å². The second-order valence-electron chi connectivity index (χ2n) is 6.56. The van der Waals surface area contributed by atoms with Crippen molar-refractivity contribution in [2.75, 3.05) is 0 Å². The normalized spacial score (nSPS) is 18.5. The molecule has 0 saturated heterocycles. The summed E-state index contributed by atoms with van der Waals surface area (Å²) in [5.41, 5.74) is 5.16. The minimum Gasteiger partial charge on any atom is -0.369 e. The highest BCUT2D eigenvalue weighted by Gasteiger charge is 2.37. The smallest absolute Gasteiger partial charge is 0.224 e. The molecule has 0 aromatic carbocycles. The average molecular weight is 266 g/mol. The minimum atomic E-state index is -0.444. The average Bonchev–Trinajstić information content (AvgIpc) is 3.04. The molecule has 1 fully saturated rings. The lowest BCUT2D eigenvalue weighted by molar-refractivity contribution is -0.134. The maximum Gasteiger partial charge on any atom is 0.224 e. The number of hydrogen-bond acceptors (Lipinski definition) is 2. The van der Waals surface area contributed by atoms with Gasteiger partial charge < -0.3 is 11.1 Å². The summed E-state index contributed by atoms with van der Waals surface area (Å²) in [7, 11) is 0. The molecule has 0 spiro atoms. The van der Waals surface area contributed by atoms with Crippen molar-refractivity contribution in [3.63, 3.8) is 0 Å². The Bertz CT molecular complexity index is 354. The fraction of sp³-hybridized carbons (Fsp3) is 0.733. The van der Waals surface area contributed by atoms with E-state index < -0.39 is 11.8 Å². The number of hydrogen-bond donors (Lipinski definition) is 2. The van der Waals surface area contributed by atoms with E-state index in [0.717, 1.165) is 19.3 Å². The number of primary amides is 1. The van der Waals surface area contributed by atoms with Crippen LogP contribution in [0.2, 0.25) is 0 Å². The molecule has 19 heavy (non-hydrogen) atoms. The minimum absolute atomic E-state index is 0.0648. The van der Waals surface area contributed by atoms with Gasteiger partial charge in [-0.05, 0) is 39.5 Å². The van der Waals surface area contributed by atoms with Gasteiger partial charge in [-0.25, -0.2) is 0 Å². The highest BCUT2D eigenvalue weighted by Crippen LogP contribution is 2.38. The number of nitrogens with one attached hydrogen (secondary N) is 1. The van der Waals surface area contributed by atoms with Gasteiger partial charge in [0.15, 0.2) is 0 Å². The lowest BCUT2D eigenvalue weighted by Gasteiger charge is -2.28. The number of carbonyl (C=O) groups is 2. The van der Waals surface area contributed by atoms with Crippen molar-refractivity contribution in [1.82, 2.24) is 5.32 Å². The standard InChI is InChI=1S/C15H26N2O2/c1-5-6-11(13(16)18)12(9-10-7-8-10)14(19)17-15(2,3)4/h5,10-12H,1,6-9H2,2-4H3,(H2,16,18)(H,17,19)/t11-,12?/m0/s1. The van der Waals surface area contributed by atoms with Gasteiger partial charge in [0.1, 0.15) is 0 Å². The van der Waals surface area contributed by atoms with E-state index >= 15 is 0 Å². The van der Waals surface area contributed by atoms with Gasteiger partial charge in [0.25, 0.3) is 0 Å². The Morgan fingerprint density at radius 2 is 1.95 bits per heavy atom. The molecule has 1 saturated carbocycles. The zero-order valence-corrected chi connectivity index (χ0v) is 12.2. The Kier molecular flexibility index (Phi) is 5.15. The topological polar surface area (TPSA) is 72.2 Å². The van der Waals surface area contributed by atoms with Crippen LogP contribution >= 0.6 is 0 Å². The van der Waals surface area contributed by atoms with Crippen LogP contribution in [0.1, 0.15) is 46.5 Å². The third-order valence-electron chi connectivity index (χ3n) is 3.39. The van der Waals surface area contributed by atoms with E-state index in [9.17, 15) is 9.59 Å². The second-order valence-corrected chi connectivity index (χ2v) is 6.56. The molecule has 0 aromatic heterocycles. The quantitative estimate of drug-likeness (QED) is 0.692. The first kappa shape index (κ1) is 15.7. The molecule has 0 heterocycles. The lowest BCUT2D eigenvalue weighted by atomic mass is 9.83. The predicted octanol–water partition coefficient (Wildman–Crippen LogP) is 1.99. The maximum atomic E-state index is 12.4. The van der Waals surface area contributed by atoms with Crippen molar-refractivity contribution >= 4 is 11.8 Å². The summed E-state index contributed by atoms with van der Waals surface area (Å²) in [5.74, 6) is -0.676. The molecule has 1 aliphatic rings. The molecule has 2 atom stereocenters. The Balaban J connectivity index is 2.81. The molecule has 4 nitrogen and oxygen atoms in total. The molecule has 3 N–H and O–H groups in total. The second kappa shape index (κ2) is 6.22. The van der Waals surface area contributed by atoms with Crippen molar-refractivity contribution in [3.8, 4) is 0 Å². The van der Waals surface area contributed by atoms with E-state index in [4.69, 9.17) is 5.73 Å². The van der Waals surface area contributed by atoms with Crippen LogP contribution in [0.4, 0.5) is 0 Å². The monoisotopic (exact) mass is 266 g/mol. The molecule has 0 aromatic rings. The number of allylic oxidation sites excluding steroid dienone is 1. The third kappa shape index (κ3) is 5.45. The lowest BCUT2D eigenvalue weighted by Crippen LogP contribution is -2.47. The van der Waals surface area contributed by atoms with Crippen molar-refractivity contribution in [2.24, 2.45) is 23.5 Å². The predicted molar refractivity (Wildman–Crippen MR) is 76.2 cm³/mol. The summed E-state index contributed by atoms with van der Waals surface area (Å²) >= 11 is 0. The maximum absolute atomic E-state index is 12.4. The number of nitrogens with two attached hydrogens (primary N) is 1. The Labute approximate surface area is 115 Å². The van der Waals surface area contributed by atoms with Crippen molar-refractivity contribution in [2.45, 2.75) is 52.0 Å². The molecule has 4 heteroatoms. The van der Waals surface area contributed by atoms with Crippen LogP contribution in [-0.2, 0) is 9.59 Å². The van der Waals surface area contributed by atoms with Gasteiger partial charge >= 0.3 is 0 Å². The summed E-state index contributed by atoms with van der Waals surface area (Å²) in [5, 5.41) is 2.97. The van der Waals surface area contributed by atoms with Crippen molar-refractivity contribution in [1.29, 1.82) is 0 Å². The molecule has 108 valence electrons. The number of rotatable bonds is 7. The highest BCUT2D eigenvalue weighted by molar-refractivity contribution is 5.87. The van der Waals surface area contributed by atoms with Crippen LogP contribution in [0, 0.1) is 17.8 Å². The largest absolute Gasteiger partial charge is 0.369 e. The fourth-order valence-electron chi connectivity index (χ4n) is 2.29. The van der Waals surface area contributed by atoms with Gasteiger partial charge in [-0.3, -0.25) is 9.59 Å². The van der Waals surface area contributed by atoms with E-state index in [1.165, 1.54) is 0 Å². The molecule has 0 radical (unpaired) electrons. The van der Waals surface area contributed by atoms with Crippen LogP contribution < -0.4 is 11.1 Å². The highest BCUT2D eigenvalue weighted by atomic mass is 16.2. The number of carbonyl (C=O) groups excluding carboxylic acids is 2. The molecule has 0 aliphatic heterocycles.